The number of anilines is 2. The number of amides is 1. The van der Waals surface area contributed by atoms with Gasteiger partial charge in [-0.05, 0) is 49.2 Å². The Morgan fingerprint density at radius 3 is 2.24 bits per heavy atom. The Balaban J connectivity index is 1.92. The summed E-state index contributed by atoms with van der Waals surface area (Å²) in [6.07, 6.45) is 0. The summed E-state index contributed by atoms with van der Waals surface area (Å²) >= 11 is 0. The van der Waals surface area contributed by atoms with Gasteiger partial charge in [-0.3, -0.25) is 4.79 Å². The smallest absolute Gasteiger partial charge is 0.262 e. The molecule has 21 heavy (non-hydrogen) atoms. The third kappa shape index (κ3) is 3.99. The average molecular weight is 284 g/mol. The SMILES string of the molecule is CNc1ccc(OCC(=O)Nc2c(C)cccc2C)cc1. The van der Waals surface area contributed by atoms with Crippen LogP contribution in [0.25, 0.3) is 0 Å². The van der Waals surface area contributed by atoms with E-state index in [1.807, 2.05) is 63.4 Å². The molecule has 2 rings (SSSR count). The van der Waals surface area contributed by atoms with Gasteiger partial charge in [-0.2, -0.15) is 0 Å². The molecule has 2 aromatic carbocycles. The highest BCUT2D eigenvalue weighted by atomic mass is 16.5. The summed E-state index contributed by atoms with van der Waals surface area (Å²) in [5.41, 5.74) is 3.95. The summed E-state index contributed by atoms with van der Waals surface area (Å²) in [4.78, 5) is 12.0. The second-order valence-electron chi connectivity index (χ2n) is 4.88. The molecule has 0 unspecified atom stereocenters. The number of benzene rings is 2. The lowest BCUT2D eigenvalue weighted by atomic mass is 10.1. The molecule has 0 fully saturated rings. The maximum absolute atomic E-state index is 12.0. The number of aryl methyl sites for hydroxylation is 2. The molecule has 0 spiro atoms. The van der Waals surface area contributed by atoms with E-state index in [1.165, 1.54) is 0 Å². The van der Waals surface area contributed by atoms with E-state index in [0.29, 0.717) is 5.75 Å². The topological polar surface area (TPSA) is 50.4 Å². The third-order valence-electron chi connectivity index (χ3n) is 3.26. The maximum Gasteiger partial charge on any atom is 0.262 e. The predicted molar refractivity (Wildman–Crippen MR) is 86.0 cm³/mol. The maximum atomic E-state index is 12.0. The molecule has 0 heterocycles. The van der Waals surface area contributed by atoms with Gasteiger partial charge in [0.05, 0.1) is 0 Å². The zero-order chi connectivity index (χ0) is 15.2. The molecule has 0 saturated carbocycles. The number of carbonyl (C=O) groups is 1. The van der Waals surface area contributed by atoms with Crippen molar-refractivity contribution in [1.82, 2.24) is 0 Å². The molecule has 0 aliphatic heterocycles. The molecule has 0 atom stereocenters. The van der Waals surface area contributed by atoms with Crippen molar-refractivity contribution in [2.75, 3.05) is 24.3 Å². The van der Waals surface area contributed by atoms with Crippen molar-refractivity contribution in [2.45, 2.75) is 13.8 Å². The van der Waals surface area contributed by atoms with Crippen LogP contribution in [-0.2, 0) is 4.79 Å². The van der Waals surface area contributed by atoms with Gasteiger partial charge in [-0.15, -0.1) is 0 Å². The second kappa shape index (κ2) is 6.79. The molecular weight excluding hydrogens is 264 g/mol. The standard InChI is InChI=1S/C17H20N2O2/c1-12-5-4-6-13(2)17(12)19-16(20)11-21-15-9-7-14(18-3)8-10-15/h4-10,18H,11H2,1-3H3,(H,19,20). The van der Waals surface area contributed by atoms with Crippen molar-refractivity contribution < 1.29 is 9.53 Å². The molecule has 0 aliphatic carbocycles. The molecule has 2 aromatic rings. The van der Waals surface area contributed by atoms with E-state index in [2.05, 4.69) is 10.6 Å². The molecule has 1 amide bonds. The number of rotatable bonds is 5. The zero-order valence-corrected chi connectivity index (χ0v) is 12.6. The van der Waals surface area contributed by atoms with Crippen LogP contribution in [0.4, 0.5) is 11.4 Å². The van der Waals surface area contributed by atoms with Crippen LogP contribution in [0.3, 0.4) is 0 Å². The van der Waals surface area contributed by atoms with Crippen molar-refractivity contribution in [3.63, 3.8) is 0 Å². The van der Waals surface area contributed by atoms with Gasteiger partial charge in [0.15, 0.2) is 6.61 Å². The number of carbonyl (C=O) groups excluding carboxylic acids is 1. The number of nitrogens with one attached hydrogen (secondary N) is 2. The lowest BCUT2D eigenvalue weighted by Crippen LogP contribution is -2.21. The minimum Gasteiger partial charge on any atom is -0.484 e. The zero-order valence-electron chi connectivity index (χ0n) is 12.6. The first-order valence-electron chi connectivity index (χ1n) is 6.87. The van der Waals surface area contributed by atoms with E-state index in [1.54, 1.807) is 0 Å². The summed E-state index contributed by atoms with van der Waals surface area (Å²) in [6.45, 7) is 3.94. The van der Waals surface area contributed by atoms with Gasteiger partial charge in [0.1, 0.15) is 5.75 Å². The summed E-state index contributed by atoms with van der Waals surface area (Å²) in [6, 6.07) is 13.4. The van der Waals surface area contributed by atoms with Crippen molar-refractivity contribution in [3.8, 4) is 5.75 Å². The highest BCUT2D eigenvalue weighted by molar-refractivity contribution is 5.93. The average Bonchev–Trinajstić information content (AvgIpc) is 2.49. The number of hydrogen-bond donors (Lipinski definition) is 2. The largest absolute Gasteiger partial charge is 0.484 e. The Bertz CT molecular complexity index is 601. The van der Waals surface area contributed by atoms with Crippen LogP contribution in [0, 0.1) is 13.8 Å². The van der Waals surface area contributed by atoms with Gasteiger partial charge in [0.2, 0.25) is 0 Å². The highest BCUT2D eigenvalue weighted by Gasteiger charge is 2.07. The normalized spacial score (nSPS) is 10.0. The van der Waals surface area contributed by atoms with Crippen LogP contribution in [0.2, 0.25) is 0 Å². The van der Waals surface area contributed by atoms with E-state index < -0.39 is 0 Å². The molecule has 4 heteroatoms. The molecule has 0 bridgehead atoms. The molecule has 0 saturated heterocycles. The minimum atomic E-state index is -0.162. The summed E-state index contributed by atoms with van der Waals surface area (Å²) in [5.74, 6) is 0.510. The molecule has 0 aromatic heterocycles. The Hall–Kier alpha value is -2.49. The first-order chi connectivity index (χ1) is 10.1. The Labute approximate surface area is 125 Å². The fourth-order valence-electron chi connectivity index (χ4n) is 2.05. The fraction of sp³-hybridized carbons (Fsp3) is 0.235. The van der Waals surface area contributed by atoms with E-state index in [4.69, 9.17) is 4.74 Å². The lowest BCUT2D eigenvalue weighted by molar-refractivity contribution is -0.118. The predicted octanol–water partition coefficient (Wildman–Crippen LogP) is 3.36. The Kier molecular flexibility index (Phi) is 4.82. The molecule has 0 aliphatic rings. The fourth-order valence-corrected chi connectivity index (χ4v) is 2.05. The van der Waals surface area contributed by atoms with E-state index in [-0.39, 0.29) is 12.5 Å². The van der Waals surface area contributed by atoms with Crippen molar-refractivity contribution in [2.24, 2.45) is 0 Å². The van der Waals surface area contributed by atoms with Crippen LogP contribution < -0.4 is 15.4 Å². The molecule has 0 radical (unpaired) electrons. The number of ether oxygens (including phenoxy) is 1. The van der Waals surface area contributed by atoms with Gasteiger partial charge in [0.25, 0.3) is 5.91 Å². The number of hydrogen-bond acceptors (Lipinski definition) is 3. The van der Waals surface area contributed by atoms with Crippen molar-refractivity contribution in [3.05, 3.63) is 53.6 Å². The van der Waals surface area contributed by atoms with Gasteiger partial charge in [-0.25, -0.2) is 0 Å². The molecule has 4 nitrogen and oxygen atoms in total. The first-order valence-corrected chi connectivity index (χ1v) is 6.87. The van der Waals surface area contributed by atoms with Gasteiger partial charge in [0, 0.05) is 18.4 Å². The number of para-hydroxylation sites is 1. The van der Waals surface area contributed by atoms with Crippen molar-refractivity contribution >= 4 is 17.3 Å². The van der Waals surface area contributed by atoms with E-state index in [0.717, 1.165) is 22.5 Å². The van der Waals surface area contributed by atoms with Crippen LogP contribution in [0.1, 0.15) is 11.1 Å². The van der Waals surface area contributed by atoms with Crippen molar-refractivity contribution in [1.29, 1.82) is 0 Å². The third-order valence-corrected chi connectivity index (χ3v) is 3.26. The molecule has 110 valence electrons. The molecular formula is C17H20N2O2. The first kappa shape index (κ1) is 14.9. The van der Waals surface area contributed by atoms with Gasteiger partial charge >= 0.3 is 0 Å². The van der Waals surface area contributed by atoms with Gasteiger partial charge in [-0.1, -0.05) is 18.2 Å². The summed E-state index contributed by atoms with van der Waals surface area (Å²) < 4.78 is 5.48. The quantitative estimate of drug-likeness (QED) is 0.885. The van der Waals surface area contributed by atoms with Crippen LogP contribution >= 0.6 is 0 Å². The lowest BCUT2D eigenvalue weighted by Gasteiger charge is -2.12. The minimum absolute atomic E-state index is 0.00727. The highest BCUT2D eigenvalue weighted by Crippen LogP contribution is 2.19. The van der Waals surface area contributed by atoms with E-state index in [9.17, 15) is 4.79 Å². The van der Waals surface area contributed by atoms with Crippen LogP contribution in [0.5, 0.6) is 5.75 Å². The Morgan fingerprint density at radius 2 is 1.67 bits per heavy atom. The summed E-state index contributed by atoms with van der Waals surface area (Å²) in [5, 5.41) is 5.92. The van der Waals surface area contributed by atoms with Crippen LogP contribution in [-0.4, -0.2) is 19.6 Å². The molecule has 2 N–H and O–H groups in total. The van der Waals surface area contributed by atoms with Gasteiger partial charge < -0.3 is 15.4 Å². The monoisotopic (exact) mass is 284 g/mol. The summed E-state index contributed by atoms with van der Waals surface area (Å²) in [7, 11) is 1.85. The van der Waals surface area contributed by atoms with Crippen LogP contribution in [0.15, 0.2) is 42.5 Å². The second-order valence-corrected chi connectivity index (χ2v) is 4.88. The van der Waals surface area contributed by atoms with E-state index >= 15 is 0 Å². The Morgan fingerprint density at radius 1 is 1.05 bits per heavy atom.